The van der Waals surface area contributed by atoms with Gasteiger partial charge in [0, 0.05) is 12.5 Å². The minimum atomic E-state index is -0.985. The average Bonchev–Trinajstić information content (AvgIpc) is 3.00. The number of unbranched alkanes of at least 4 members (excludes halogenated alkanes) is 20. The fourth-order valence-corrected chi connectivity index (χ4v) is 6.41. The predicted octanol–water partition coefficient (Wildman–Crippen LogP) is 8.38. The molecule has 0 radical (unpaired) electrons. The van der Waals surface area contributed by atoms with E-state index in [2.05, 4.69) is 19.1 Å². The van der Waals surface area contributed by atoms with Crippen LogP contribution in [0.2, 0.25) is 0 Å². The molecule has 0 amide bonds. The molecule has 0 aromatic rings. The second-order valence-electron chi connectivity index (χ2n) is 13.9. The summed E-state index contributed by atoms with van der Waals surface area (Å²) in [6.07, 6.45) is 31.8. The maximum absolute atomic E-state index is 11.3. The van der Waals surface area contributed by atoms with Crippen molar-refractivity contribution < 1.29 is 35.1 Å². The standard InChI is InChI=1S/C39H72O7/c1-2-3-4-5-6-7-8-9-10-11-12-13-14-15-16-17-18-19-20-21-22-23-24-25-26-33(40)29-34(41)30-35(42)31-36(43)32-38-37(44)27-28-39(45)46-38/h13-14,27-28,33-38,40-44H,2-12,15-26,29-32H2,1H3. The number of rotatable bonds is 32. The molecule has 5 N–H and O–H groups in total. The molecule has 0 fully saturated rings. The van der Waals surface area contributed by atoms with Crippen LogP contribution in [0.4, 0.5) is 0 Å². The summed E-state index contributed by atoms with van der Waals surface area (Å²) in [6.45, 7) is 2.28. The predicted molar refractivity (Wildman–Crippen MR) is 189 cm³/mol. The molecule has 270 valence electrons. The van der Waals surface area contributed by atoms with E-state index >= 15 is 0 Å². The highest BCUT2D eigenvalue weighted by molar-refractivity contribution is 5.83. The lowest BCUT2D eigenvalue weighted by Gasteiger charge is -2.27. The van der Waals surface area contributed by atoms with Crippen molar-refractivity contribution >= 4 is 5.97 Å². The van der Waals surface area contributed by atoms with Gasteiger partial charge in [-0.05, 0) is 57.4 Å². The van der Waals surface area contributed by atoms with E-state index in [4.69, 9.17) is 4.74 Å². The van der Waals surface area contributed by atoms with Crippen LogP contribution in [0.1, 0.15) is 180 Å². The van der Waals surface area contributed by atoms with Crippen molar-refractivity contribution in [2.45, 2.75) is 217 Å². The molecular formula is C39H72O7. The van der Waals surface area contributed by atoms with E-state index in [1.165, 1.54) is 134 Å². The molecule has 6 unspecified atom stereocenters. The number of hydrogen-bond acceptors (Lipinski definition) is 7. The van der Waals surface area contributed by atoms with E-state index in [1.807, 2.05) is 0 Å². The second-order valence-corrected chi connectivity index (χ2v) is 13.9. The van der Waals surface area contributed by atoms with Gasteiger partial charge in [0.15, 0.2) is 0 Å². The number of carbonyl (C=O) groups excluding carboxylic acids is 1. The molecule has 1 aliphatic rings. The molecule has 6 atom stereocenters. The molecule has 1 heterocycles. The van der Waals surface area contributed by atoms with Gasteiger partial charge in [0.25, 0.3) is 0 Å². The topological polar surface area (TPSA) is 127 Å². The third-order valence-electron chi connectivity index (χ3n) is 9.26. The van der Waals surface area contributed by atoms with Crippen LogP contribution in [0.3, 0.4) is 0 Å². The van der Waals surface area contributed by atoms with E-state index in [0.29, 0.717) is 6.42 Å². The smallest absolute Gasteiger partial charge is 0.330 e. The Bertz CT molecular complexity index is 755. The van der Waals surface area contributed by atoms with Crippen LogP contribution in [-0.4, -0.2) is 68.1 Å². The summed E-state index contributed by atoms with van der Waals surface area (Å²) in [6, 6.07) is 0. The molecular weight excluding hydrogens is 580 g/mol. The molecule has 1 aliphatic heterocycles. The van der Waals surface area contributed by atoms with E-state index in [9.17, 15) is 30.3 Å². The second kappa shape index (κ2) is 29.9. The lowest BCUT2D eigenvalue weighted by molar-refractivity contribution is -0.151. The van der Waals surface area contributed by atoms with Gasteiger partial charge in [0.2, 0.25) is 0 Å². The Hall–Kier alpha value is -1.25. The maximum Gasteiger partial charge on any atom is 0.330 e. The van der Waals surface area contributed by atoms with Crippen LogP contribution in [0, 0.1) is 0 Å². The van der Waals surface area contributed by atoms with Crippen molar-refractivity contribution in [2.75, 3.05) is 0 Å². The lowest BCUT2D eigenvalue weighted by Crippen LogP contribution is -2.37. The van der Waals surface area contributed by atoms with E-state index in [0.717, 1.165) is 18.9 Å². The molecule has 0 aromatic heterocycles. The van der Waals surface area contributed by atoms with Crippen LogP contribution in [-0.2, 0) is 9.53 Å². The van der Waals surface area contributed by atoms with Gasteiger partial charge < -0.3 is 30.3 Å². The fraction of sp³-hybridized carbons (Fsp3) is 0.872. The van der Waals surface area contributed by atoms with Gasteiger partial charge in [-0.15, -0.1) is 0 Å². The first kappa shape index (κ1) is 42.8. The number of carbonyl (C=O) groups is 1. The SMILES string of the molecule is CCCCCCCCCCCCC=CCCCCCCCCCCCCC(O)CC(O)CC(O)CC(O)CC1OC(=O)C=CC1O. The van der Waals surface area contributed by atoms with Crippen LogP contribution >= 0.6 is 0 Å². The number of aliphatic hydroxyl groups is 5. The third kappa shape index (κ3) is 25.8. The zero-order valence-electron chi connectivity index (χ0n) is 29.4. The first-order chi connectivity index (χ1) is 22.3. The van der Waals surface area contributed by atoms with Crippen LogP contribution < -0.4 is 0 Å². The van der Waals surface area contributed by atoms with Gasteiger partial charge in [-0.1, -0.05) is 135 Å². The Balaban J connectivity index is 1.85. The van der Waals surface area contributed by atoms with Gasteiger partial charge in [-0.25, -0.2) is 4.79 Å². The molecule has 0 saturated carbocycles. The first-order valence-electron chi connectivity index (χ1n) is 19.3. The van der Waals surface area contributed by atoms with Crippen LogP contribution in [0.25, 0.3) is 0 Å². The molecule has 46 heavy (non-hydrogen) atoms. The zero-order valence-corrected chi connectivity index (χ0v) is 29.4. The van der Waals surface area contributed by atoms with Gasteiger partial charge in [-0.2, -0.15) is 0 Å². The number of hydrogen-bond donors (Lipinski definition) is 5. The number of allylic oxidation sites excluding steroid dienone is 2. The van der Waals surface area contributed by atoms with Crippen molar-refractivity contribution in [2.24, 2.45) is 0 Å². The molecule has 0 aliphatic carbocycles. The van der Waals surface area contributed by atoms with E-state index in [-0.39, 0.29) is 25.7 Å². The molecule has 0 bridgehead atoms. The Labute approximate surface area is 281 Å². The first-order valence-corrected chi connectivity index (χ1v) is 19.3. The van der Waals surface area contributed by atoms with Crippen molar-refractivity contribution in [1.82, 2.24) is 0 Å². The maximum atomic E-state index is 11.3. The molecule has 0 saturated heterocycles. The third-order valence-corrected chi connectivity index (χ3v) is 9.26. The minimum absolute atomic E-state index is 0.00437. The van der Waals surface area contributed by atoms with Crippen molar-refractivity contribution in [1.29, 1.82) is 0 Å². The van der Waals surface area contributed by atoms with Crippen molar-refractivity contribution in [3.05, 3.63) is 24.3 Å². The number of esters is 1. The highest BCUT2D eigenvalue weighted by atomic mass is 16.6. The molecule has 0 spiro atoms. The number of aliphatic hydroxyl groups excluding tert-OH is 5. The van der Waals surface area contributed by atoms with Crippen molar-refractivity contribution in [3.63, 3.8) is 0 Å². The van der Waals surface area contributed by atoms with Gasteiger partial charge in [0.05, 0.1) is 24.4 Å². The Morgan fingerprint density at radius 3 is 1.52 bits per heavy atom. The molecule has 7 heteroatoms. The minimum Gasteiger partial charge on any atom is -0.456 e. The number of cyclic esters (lactones) is 1. The summed E-state index contributed by atoms with van der Waals surface area (Å²) >= 11 is 0. The monoisotopic (exact) mass is 653 g/mol. The Morgan fingerprint density at radius 1 is 0.609 bits per heavy atom. The van der Waals surface area contributed by atoms with Crippen LogP contribution in [0.5, 0.6) is 0 Å². The average molecular weight is 653 g/mol. The highest BCUT2D eigenvalue weighted by Gasteiger charge is 2.28. The van der Waals surface area contributed by atoms with Crippen molar-refractivity contribution in [3.8, 4) is 0 Å². The summed E-state index contributed by atoms with van der Waals surface area (Å²) in [4.78, 5) is 11.3. The molecule has 0 aromatic carbocycles. The summed E-state index contributed by atoms with van der Waals surface area (Å²) in [5.41, 5.74) is 0. The van der Waals surface area contributed by atoms with E-state index < -0.39 is 42.6 Å². The fourth-order valence-electron chi connectivity index (χ4n) is 6.41. The quantitative estimate of drug-likeness (QED) is 0.0281. The highest BCUT2D eigenvalue weighted by Crippen LogP contribution is 2.20. The molecule has 1 rings (SSSR count). The summed E-state index contributed by atoms with van der Waals surface area (Å²) < 4.78 is 5.01. The Morgan fingerprint density at radius 2 is 1.02 bits per heavy atom. The van der Waals surface area contributed by atoms with Crippen LogP contribution in [0.15, 0.2) is 24.3 Å². The number of ether oxygens (including phenoxy) is 1. The zero-order chi connectivity index (χ0) is 33.7. The van der Waals surface area contributed by atoms with E-state index in [1.54, 1.807) is 0 Å². The Kier molecular flexibility index (Phi) is 27.8. The normalized spacial score (nSPS) is 19.4. The van der Waals surface area contributed by atoms with Gasteiger partial charge in [-0.3, -0.25) is 0 Å². The molecule has 7 nitrogen and oxygen atoms in total. The van der Waals surface area contributed by atoms with Gasteiger partial charge in [0.1, 0.15) is 12.2 Å². The summed E-state index contributed by atoms with van der Waals surface area (Å²) in [5, 5.41) is 50.8. The lowest BCUT2D eigenvalue weighted by atomic mass is 9.96. The summed E-state index contributed by atoms with van der Waals surface area (Å²) in [7, 11) is 0. The summed E-state index contributed by atoms with van der Waals surface area (Å²) in [5.74, 6) is -0.568. The van der Waals surface area contributed by atoms with Gasteiger partial charge >= 0.3 is 5.97 Å². The largest absolute Gasteiger partial charge is 0.456 e.